The van der Waals surface area contributed by atoms with Crippen molar-refractivity contribution in [1.82, 2.24) is 29.2 Å². The van der Waals surface area contributed by atoms with Crippen LogP contribution in [0, 0.1) is 0 Å². The Balaban J connectivity index is 1.82. The summed E-state index contributed by atoms with van der Waals surface area (Å²) in [5.74, 6) is 2.41. The molecule has 5 rings (SSSR count). The van der Waals surface area contributed by atoms with Crippen molar-refractivity contribution < 1.29 is 0 Å². The number of hydrogen-bond donors (Lipinski definition) is 0. The van der Waals surface area contributed by atoms with Gasteiger partial charge in [-0.05, 0) is 38.7 Å². The van der Waals surface area contributed by atoms with E-state index in [9.17, 15) is 0 Å². The van der Waals surface area contributed by atoms with Gasteiger partial charge >= 0.3 is 0 Å². The van der Waals surface area contributed by atoms with Gasteiger partial charge in [0, 0.05) is 16.4 Å². The summed E-state index contributed by atoms with van der Waals surface area (Å²) in [7, 11) is 0. The molecule has 4 aromatic rings. The van der Waals surface area contributed by atoms with Crippen LogP contribution in [-0.4, -0.2) is 40.7 Å². The van der Waals surface area contributed by atoms with Crippen molar-refractivity contribution in [2.75, 3.05) is 11.5 Å². The highest BCUT2D eigenvalue weighted by Crippen LogP contribution is 2.41. The first-order valence-electron chi connectivity index (χ1n) is 9.15. The molecule has 0 fully saturated rings. The Morgan fingerprint density at radius 1 is 0.964 bits per heavy atom. The molecule has 0 unspecified atom stereocenters. The molecule has 1 aliphatic carbocycles. The average molecular weight is 429 g/mol. The van der Waals surface area contributed by atoms with Gasteiger partial charge in [0.05, 0.1) is 5.39 Å². The van der Waals surface area contributed by atoms with E-state index in [-0.39, 0.29) is 0 Å². The molecule has 0 saturated heterocycles. The second-order valence-corrected chi connectivity index (χ2v) is 10.3. The molecule has 28 heavy (non-hydrogen) atoms. The molecule has 144 valence electrons. The SMILES string of the molecule is C=C(C)CSc1nnc2c3c4c(sc3n3c(SCC(=C)C)nnc3n12)CCC4. The third kappa shape index (κ3) is 2.79. The van der Waals surface area contributed by atoms with Gasteiger partial charge in [0.15, 0.2) is 16.0 Å². The molecule has 0 bridgehead atoms. The van der Waals surface area contributed by atoms with Crippen LogP contribution in [0.5, 0.6) is 0 Å². The topological polar surface area (TPSA) is 60.4 Å². The summed E-state index contributed by atoms with van der Waals surface area (Å²) >= 11 is 5.18. The van der Waals surface area contributed by atoms with E-state index >= 15 is 0 Å². The minimum atomic E-state index is 0.779. The average Bonchev–Trinajstić information content (AvgIpc) is 3.38. The van der Waals surface area contributed by atoms with Crippen LogP contribution in [0.25, 0.3) is 21.6 Å². The molecule has 1 aliphatic rings. The van der Waals surface area contributed by atoms with Crippen molar-refractivity contribution in [3.05, 3.63) is 34.7 Å². The quantitative estimate of drug-likeness (QED) is 0.324. The third-order valence-electron chi connectivity index (χ3n) is 4.67. The zero-order valence-corrected chi connectivity index (χ0v) is 18.3. The fourth-order valence-corrected chi connectivity index (χ4v) is 6.53. The van der Waals surface area contributed by atoms with E-state index in [1.54, 1.807) is 23.5 Å². The normalized spacial score (nSPS) is 13.8. The molecule has 0 spiro atoms. The molecule has 0 N–H and O–H groups in total. The molecule has 0 radical (unpaired) electrons. The number of thiophene rings is 1. The van der Waals surface area contributed by atoms with E-state index in [0.29, 0.717) is 0 Å². The lowest BCUT2D eigenvalue weighted by Crippen LogP contribution is -2.00. The van der Waals surface area contributed by atoms with E-state index < -0.39 is 0 Å². The van der Waals surface area contributed by atoms with Gasteiger partial charge < -0.3 is 0 Å². The van der Waals surface area contributed by atoms with E-state index in [1.807, 2.05) is 25.2 Å². The van der Waals surface area contributed by atoms with Gasteiger partial charge in [-0.25, -0.2) is 8.80 Å². The van der Waals surface area contributed by atoms with Crippen LogP contribution < -0.4 is 0 Å². The Hall–Kier alpha value is -1.84. The summed E-state index contributed by atoms with van der Waals surface area (Å²) < 4.78 is 4.26. The van der Waals surface area contributed by atoms with Crippen LogP contribution >= 0.6 is 34.9 Å². The van der Waals surface area contributed by atoms with E-state index in [4.69, 9.17) is 0 Å². The van der Waals surface area contributed by atoms with Crippen molar-refractivity contribution in [2.24, 2.45) is 0 Å². The fraction of sp³-hybridized carbons (Fsp3) is 0.368. The van der Waals surface area contributed by atoms with Gasteiger partial charge in [0.2, 0.25) is 5.78 Å². The number of nitrogens with zero attached hydrogens (tertiary/aromatic N) is 6. The van der Waals surface area contributed by atoms with Crippen molar-refractivity contribution in [3.63, 3.8) is 0 Å². The Morgan fingerprint density at radius 3 is 2.36 bits per heavy atom. The first-order valence-corrected chi connectivity index (χ1v) is 11.9. The molecule has 4 heterocycles. The Labute approximate surface area is 175 Å². The molecular weight excluding hydrogens is 408 g/mol. The van der Waals surface area contributed by atoms with Crippen LogP contribution in [0.15, 0.2) is 34.6 Å². The highest BCUT2D eigenvalue weighted by Gasteiger charge is 2.26. The second-order valence-electron chi connectivity index (χ2n) is 7.29. The summed E-state index contributed by atoms with van der Waals surface area (Å²) in [4.78, 5) is 2.65. The smallest absolute Gasteiger partial charge is 0.245 e. The van der Waals surface area contributed by atoms with Gasteiger partial charge in [0.25, 0.3) is 0 Å². The maximum atomic E-state index is 4.58. The zero-order chi connectivity index (χ0) is 19.4. The molecular formula is C19H20N6S3. The maximum Gasteiger partial charge on any atom is 0.245 e. The lowest BCUT2D eigenvalue weighted by atomic mass is 10.2. The fourth-order valence-electron chi connectivity index (χ4n) is 3.54. The first kappa shape index (κ1) is 18.2. The molecule has 6 nitrogen and oxygen atoms in total. The molecule has 4 aromatic heterocycles. The third-order valence-corrected chi connectivity index (χ3v) is 8.27. The van der Waals surface area contributed by atoms with E-state index in [0.717, 1.165) is 57.2 Å². The molecule has 0 saturated carbocycles. The summed E-state index contributed by atoms with van der Waals surface area (Å²) in [6, 6.07) is 0. The Bertz CT molecular complexity index is 1260. The maximum absolute atomic E-state index is 4.58. The Morgan fingerprint density at radius 2 is 1.64 bits per heavy atom. The number of aromatic nitrogens is 6. The minimum Gasteiger partial charge on any atom is -0.245 e. The highest BCUT2D eigenvalue weighted by atomic mass is 32.2. The van der Waals surface area contributed by atoms with Crippen LogP contribution in [0.2, 0.25) is 0 Å². The predicted molar refractivity (Wildman–Crippen MR) is 118 cm³/mol. The van der Waals surface area contributed by atoms with Crippen LogP contribution in [-0.2, 0) is 12.8 Å². The molecule has 9 heteroatoms. The summed E-state index contributed by atoms with van der Waals surface area (Å²) in [5, 5.41) is 21.1. The zero-order valence-electron chi connectivity index (χ0n) is 15.9. The lowest BCUT2D eigenvalue weighted by molar-refractivity contribution is 0.908. The van der Waals surface area contributed by atoms with Crippen molar-refractivity contribution in [1.29, 1.82) is 0 Å². The van der Waals surface area contributed by atoms with E-state index in [2.05, 4.69) is 42.4 Å². The van der Waals surface area contributed by atoms with E-state index in [1.165, 1.54) is 27.1 Å². The molecule has 0 atom stereocenters. The van der Waals surface area contributed by atoms with Crippen LogP contribution in [0.1, 0.15) is 30.7 Å². The number of aryl methyl sites for hydroxylation is 2. The second kappa shape index (κ2) is 6.89. The number of fused-ring (bicyclic) bond motifs is 8. The highest BCUT2D eigenvalue weighted by molar-refractivity contribution is 7.99. The van der Waals surface area contributed by atoms with Crippen molar-refractivity contribution in [2.45, 2.75) is 43.4 Å². The van der Waals surface area contributed by atoms with Crippen molar-refractivity contribution >= 4 is 56.5 Å². The number of rotatable bonds is 6. The minimum absolute atomic E-state index is 0.779. The number of hydrogen-bond acceptors (Lipinski definition) is 7. The number of thioether (sulfide) groups is 2. The largest absolute Gasteiger partial charge is 0.245 e. The van der Waals surface area contributed by atoms with Gasteiger partial charge in [-0.3, -0.25) is 0 Å². The summed E-state index contributed by atoms with van der Waals surface area (Å²) in [6.07, 6.45) is 3.46. The van der Waals surface area contributed by atoms with Gasteiger partial charge in [-0.2, -0.15) is 0 Å². The van der Waals surface area contributed by atoms with Crippen molar-refractivity contribution in [3.8, 4) is 0 Å². The van der Waals surface area contributed by atoms with Gasteiger partial charge in [-0.1, -0.05) is 47.8 Å². The van der Waals surface area contributed by atoms with Gasteiger partial charge in [-0.15, -0.1) is 31.7 Å². The first-order chi connectivity index (χ1) is 13.5. The van der Waals surface area contributed by atoms with Gasteiger partial charge in [0.1, 0.15) is 4.83 Å². The standard InChI is InChI=1S/C19H20N6S3/c1-10(2)8-26-18-22-20-15-14-12-6-5-7-13(12)28-16(14)25-17(24(15)18)21-23-19(25)27-9-11(3)4/h1,3,5-9H2,2,4H3. The Kier molecular flexibility index (Phi) is 4.48. The lowest BCUT2D eigenvalue weighted by Gasteiger charge is -2.06. The monoisotopic (exact) mass is 428 g/mol. The summed E-state index contributed by atoms with van der Waals surface area (Å²) in [6.45, 7) is 12.1. The summed E-state index contributed by atoms with van der Waals surface area (Å²) in [5.41, 5.74) is 4.56. The predicted octanol–water partition coefficient (Wildman–Crippen LogP) is 4.81. The van der Waals surface area contributed by atoms with Crippen LogP contribution in [0.4, 0.5) is 0 Å². The molecule has 0 amide bonds. The molecule has 0 aliphatic heterocycles. The molecule has 0 aromatic carbocycles. The van der Waals surface area contributed by atoms with Crippen LogP contribution in [0.3, 0.4) is 0 Å².